The molecule has 1 aromatic heterocycles. The van der Waals surface area contributed by atoms with Crippen LogP contribution >= 0.6 is 11.6 Å². The minimum absolute atomic E-state index is 0.229. The van der Waals surface area contributed by atoms with Gasteiger partial charge in [0.15, 0.2) is 5.75 Å². The van der Waals surface area contributed by atoms with Crippen LogP contribution in [0.4, 0.5) is 17.2 Å². The average Bonchev–Trinajstić information content (AvgIpc) is 2.69. The van der Waals surface area contributed by atoms with Crippen molar-refractivity contribution in [2.75, 3.05) is 23.4 Å². The van der Waals surface area contributed by atoms with Crippen LogP contribution in [-0.2, 0) is 0 Å². The summed E-state index contributed by atoms with van der Waals surface area (Å²) >= 11 is 5.90. The third-order valence-corrected chi connectivity index (χ3v) is 4.62. The lowest BCUT2D eigenvalue weighted by Gasteiger charge is -2.31. The highest BCUT2D eigenvalue weighted by Crippen LogP contribution is 2.38. The number of pyridine rings is 1. The van der Waals surface area contributed by atoms with Crippen molar-refractivity contribution in [3.63, 3.8) is 0 Å². The lowest BCUT2D eigenvalue weighted by atomic mass is 10.1. The molecule has 27 heavy (non-hydrogen) atoms. The zero-order valence-corrected chi connectivity index (χ0v) is 15.5. The number of aryl methyl sites for hydroxylation is 1. The maximum absolute atomic E-state index is 12.8. The summed E-state index contributed by atoms with van der Waals surface area (Å²) in [5.41, 5.74) is 3.10. The number of hydrogen-bond donors (Lipinski definition) is 1. The Morgan fingerprint density at radius 2 is 1.96 bits per heavy atom. The molecular formula is C21H18ClN3O2. The molecule has 1 amide bonds. The standard InChI is InChI=1S/C21H18ClN3O2/c1-14-5-10-19(23-13-14)25-11-12-27-20-17(3-2-4-18(20)25)21(26)24-16-8-6-15(22)7-9-16/h2-10,13H,11-12H2,1H3,(H,24,26). The third-order valence-electron chi connectivity index (χ3n) is 4.37. The Morgan fingerprint density at radius 3 is 2.70 bits per heavy atom. The quantitative estimate of drug-likeness (QED) is 0.708. The first-order valence-electron chi connectivity index (χ1n) is 8.65. The van der Waals surface area contributed by atoms with Gasteiger partial charge in [-0.3, -0.25) is 4.79 Å². The van der Waals surface area contributed by atoms with Gasteiger partial charge in [-0.05, 0) is 55.0 Å². The maximum Gasteiger partial charge on any atom is 0.259 e. The first kappa shape index (κ1) is 17.4. The van der Waals surface area contributed by atoms with E-state index < -0.39 is 0 Å². The van der Waals surface area contributed by atoms with Crippen LogP contribution in [-0.4, -0.2) is 24.0 Å². The number of halogens is 1. The number of aromatic nitrogens is 1. The highest BCUT2D eigenvalue weighted by molar-refractivity contribution is 6.30. The summed E-state index contributed by atoms with van der Waals surface area (Å²) in [5, 5.41) is 3.51. The van der Waals surface area contributed by atoms with Gasteiger partial charge in [-0.1, -0.05) is 23.7 Å². The molecule has 0 bridgehead atoms. The average molecular weight is 380 g/mol. The molecule has 2 heterocycles. The van der Waals surface area contributed by atoms with E-state index >= 15 is 0 Å². The molecule has 6 heteroatoms. The molecule has 4 rings (SSSR count). The van der Waals surface area contributed by atoms with Gasteiger partial charge >= 0.3 is 0 Å². The molecule has 136 valence electrons. The highest BCUT2D eigenvalue weighted by atomic mass is 35.5. The van der Waals surface area contributed by atoms with Crippen LogP contribution in [0.15, 0.2) is 60.8 Å². The monoisotopic (exact) mass is 379 g/mol. The van der Waals surface area contributed by atoms with E-state index in [0.29, 0.717) is 35.2 Å². The second-order valence-corrected chi connectivity index (χ2v) is 6.75. The summed E-state index contributed by atoms with van der Waals surface area (Å²) in [5.74, 6) is 1.17. The van der Waals surface area contributed by atoms with Gasteiger partial charge in [-0.15, -0.1) is 0 Å². The number of carbonyl (C=O) groups excluding carboxylic acids is 1. The van der Waals surface area contributed by atoms with Gasteiger partial charge in [0.05, 0.1) is 17.8 Å². The van der Waals surface area contributed by atoms with E-state index in [4.69, 9.17) is 16.3 Å². The van der Waals surface area contributed by atoms with Gasteiger partial charge in [-0.2, -0.15) is 0 Å². The number of hydrogen-bond acceptors (Lipinski definition) is 4. The minimum atomic E-state index is -0.229. The lowest BCUT2D eigenvalue weighted by Crippen LogP contribution is -2.30. The Bertz CT molecular complexity index is 972. The fourth-order valence-electron chi connectivity index (χ4n) is 3.02. The van der Waals surface area contributed by atoms with Crippen LogP contribution < -0.4 is 15.0 Å². The number of nitrogens with one attached hydrogen (secondary N) is 1. The summed E-state index contributed by atoms with van der Waals surface area (Å²) in [6, 6.07) is 16.5. The van der Waals surface area contributed by atoms with Crippen molar-refractivity contribution in [3.05, 3.63) is 76.9 Å². The topological polar surface area (TPSA) is 54.5 Å². The zero-order chi connectivity index (χ0) is 18.8. The lowest BCUT2D eigenvalue weighted by molar-refractivity contribution is 0.102. The van der Waals surface area contributed by atoms with Crippen LogP contribution in [0.5, 0.6) is 5.75 Å². The van der Waals surface area contributed by atoms with E-state index in [1.165, 1.54) is 0 Å². The van der Waals surface area contributed by atoms with Crippen LogP contribution in [0.25, 0.3) is 0 Å². The van der Waals surface area contributed by atoms with Gasteiger partial charge in [0.2, 0.25) is 0 Å². The summed E-state index contributed by atoms with van der Waals surface area (Å²) in [7, 11) is 0. The van der Waals surface area contributed by atoms with Crippen molar-refractivity contribution < 1.29 is 9.53 Å². The molecule has 0 radical (unpaired) electrons. The third kappa shape index (κ3) is 3.59. The number of nitrogens with zero attached hydrogens (tertiary/aromatic N) is 2. The van der Waals surface area contributed by atoms with Gasteiger partial charge in [0.25, 0.3) is 5.91 Å². The first-order chi connectivity index (χ1) is 13.1. The second-order valence-electron chi connectivity index (χ2n) is 6.31. The van der Waals surface area contributed by atoms with E-state index in [1.54, 1.807) is 30.3 Å². The van der Waals surface area contributed by atoms with Crippen molar-refractivity contribution in [2.24, 2.45) is 0 Å². The molecule has 0 aliphatic carbocycles. The van der Waals surface area contributed by atoms with E-state index in [9.17, 15) is 4.79 Å². The number of amides is 1. The predicted molar refractivity (Wildman–Crippen MR) is 107 cm³/mol. The predicted octanol–water partition coefficient (Wildman–Crippen LogP) is 4.83. The van der Waals surface area contributed by atoms with Crippen molar-refractivity contribution in [1.82, 2.24) is 4.98 Å². The zero-order valence-electron chi connectivity index (χ0n) is 14.8. The molecule has 0 spiro atoms. The number of para-hydroxylation sites is 1. The van der Waals surface area contributed by atoms with E-state index in [1.807, 2.05) is 37.4 Å². The van der Waals surface area contributed by atoms with Crippen LogP contribution in [0.2, 0.25) is 5.02 Å². The van der Waals surface area contributed by atoms with Crippen molar-refractivity contribution in [2.45, 2.75) is 6.92 Å². The number of ether oxygens (including phenoxy) is 1. The molecule has 3 aromatic rings. The molecule has 1 aliphatic rings. The Balaban J connectivity index is 1.66. The Hall–Kier alpha value is -3.05. The first-order valence-corrected chi connectivity index (χ1v) is 9.02. The number of fused-ring (bicyclic) bond motifs is 1. The summed E-state index contributed by atoms with van der Waals surface area (Å²) in [6.07, 6.45) is 1.83. The second kappa shape index (κ2) is 7.29. The van der Waals surface area contributed by atoms with Gasteiger partial charge < -0.3 is 15.0 Å². The van der Waals surface area contributed by atoms with Gasteiger partial charge in [-0.25, -0.2) is 4.98 Å². The number of benzene rings is 2. The SMILES string of the molecule is Cc1ccc(N2CCOc3c(C(=O)Nc4ccc(Cl)cc4)cccc32)nc1. The Kier molecular flexibility index (Phi) is 4.69. The van der Waals surface area contributed by atoms with E-state index in [2.05, 4.69) is 15.2 Å². The smallest absolute Gasteiger partial charge is 0.259 e. The minimum Gasteiger partial charge on any atom is -0.489 e. The fourth-order valence-corrected chi connectivity index (χ4v) is 3.14. The van der Waals surface area contributed by atoms with Gasteiger partial charge in [0.1, 0.15) is 12.4 Å². The van der Waals surface area contributed by atoms with Crippen LogP contribution in [0, 0.1) is 6.92 Å². The maximum atomic E-state index is 12.8. The molecule has 0 saturated heterocycles. The van der Waals surface area contributed by atoms with Crippen LogP contribution in [0.1, 0.15) is 15.9 Å². The molecular weight excluding hydrogens is 362 g/mol. The molecule has 2 aromatic carbocycles. The number of anilines is 3. The molecule has 0 fully saturated rings. The van der Waals surface area contributed by atoms with Crippen molar-refractivity contribution in [1.29, 1.82) is 0 Å². The van der Waals surface area contributed by atoms with Crippen molar-refractivity contribution >= 4 is 34.7 Å². The fraction of sp³-hybridized carbons (Fsp3) is 0.143. The summed E-state index contributed by atoms with van der Waals surface area (Å²) < 4.78 is 5.86. The summed E-state index contributed by atoms with van der Waals surface area (Å²) in [4.78, 5) is 19.4. The molecule has 5 nitrogen and oxygen atoms in total. The molecule has 0 atom stereocenters. The molecule has 1 N–H and O–H groups in total. The van der Waals surface area contributed by atoms with Crippen LogP contribution in [0.3, 0.4) is 0 Å². The van der Waals surface area contributed by atoms with E-state index in [-0.39, 0.29) is 5.91 Å². The van der Waals surface area contributed by atoms with E-state index in [0.717, 1.165) is 17.1 Å². The normalized spacial score (nSPS) is 12.9. The Morgan fingerprint density at radius 1 is 1.15 bits per heavy atom. The molecule has 1 aliphatic heterocycles. The largest absolute Gasteiger partial charge is 0.489 e. The van der Waals surface area contributed by atoms with Gasteiger partial charge in [0, 0.05) is 16.9 Å². The molecule has 0 saturated carbocycles. The van der Waals surface area contributed by atoms with Crippen molar-refractivity contribution in [3.8, 4) is 5.75 Å². The molecule has 0 unspecified atom stereocenters. The Labute approximate surface area is 162 Å². The number of carbonyl (C=O) groups is 1. The highest BCUT2D eigenvalue weighted by Gasteiger charge is 2.25. The summed E-state index contributed by atoms with van der Waals surface area (Å²) in [6.45, 7) is 3.16. The number of rotatable bonds is 3.